The van der Waals surface area contributed by atoms with E-state index in [0.29, 0.717) is 75.2 Å². The predicted molar refractivity (Wildman–Crippen MR) is 273 cm³/mol. The number of hydrogen-bond acceptors (Lipinski definition) is 10. The first-order valence-electron chi connectivity index (χ1n) is 23.5. The predicted octanol–water partition coefficient (Wildman–Crippen LogP) is 9.75. The molecule has 3 aliphatic heterocycles. The molecule has 2 amide bonds. The van der Waals surface area contributed by atoms with Crippen molar-refractivity contribution in [3.05, 3.63) is 167 Å². The summed E-state index contributed by atoms with van der Waals surface area (Å²) in [5.41, 5.74) is 5.12. The minimum atomic E-state index is -0.950. The summed E-state index contributed by atoms with van der Waals surface area (Å²) >= 11 is 12.4. The molecule has 3 aliphatic rings. The normalized spacial score (nSPS) is 17.9. The van der Waals surface area contributed by atoms with E-state index in [4.69, 9.17) is 46.9 Å². The largest absolute Gasteiger partial charge is 0.508 e. The molecule has 0 aromatic heterocycles. The molecule has 0 bridgehead atoms. The van der Waals surface area contributed by atoms with E-state index in [1.165, 1.54) is 0 Å². The molecule has 3 saturated heterocycles. The number of piperazine rings is 2. The van der Waals surface area contributed by atoms with Gasteiger partial charge in [0.2, 0.25) is 11.8 Å². The standard InChI is InChI=1S/C33H36Cl2N2O5.C22H26N2O3/c1-3-19-39-28-6-4-5-24(20-28)7-14-32(38)37-17-15-36(16-18-37)26-9-11-27(12-10-26)40-22-29-23-41-33(2,42-29)30-13-8-25(34)21-31(30)35;1-2-16-27-21-5-3-4-18(17-21)6-11-22(26)24-14-12-23(13-15-24)19-7-9-20(25)10-8-19/h3-6,8-13,20-21,29H,1,7,14-19,22-23H2,2H3;2-5,7-10,17,25H,1,6,11-16H2/t29-,33+;/m1./s1. The lowest BCUT2D eigenvalue weighted by Crippen LogP contribution is -2.48. The molecule has 5 aromatic carbocycles. The Balaban J connectivity index is 0.000000224. The van der Waals surface area contributed by atoms with Crippen LogP contribution in [-0.4, -0.2) is 112 Å². The summed E-state index contributed by atoms with van der Waals surface area (Å²) in [5, 5.41) is 10.5. The van der Waals surface area contributed by atoms with Gasteiger partial charge in [-0.05, 0) is 116 Å². The fourth-order valence-corrected chi connectivity index (χ4v) is 9.04. The minimum Gasteiger partial charge on any atom is -0.508 e. The van der Waals surface area contributed by atoms with Gasteiger partial charge in [-0.2, -0.15) is 0 Å². The second kappa shape index (κ2) is 24.9. The van der Waals surface area contributed by atoms with E-state index in [1.54, 1.807) is 36.4 Å². The van der Waals surface area contributed by atoms with Crippen LogP contribution in [0.2, 0.25) is 10.0 Å². The average molecular weight is 978 g/mol. The van der Waals surface area contributed by atoms with Crippen LogP contribution < -0.4 is 24.0 Å². The number of phenolic OH excluding ortho intramolecular Hbond substituents is 1. The number of halogens is 2. The monoisotopic (exact) mass is 976 g/mol. The Morgan fingerprint density at radius 1 is 0.667 bits per heavy atom. The van der Waals surface area contributed by atoms with Gasteiger partial charge >= 0.3 is 0 Å². The molecule has 8 rings (SSSR count). The summed E-state index contributed by atoms with van der Waals surface area (Å²) in [6.45, 7) is 16.9. The maximum atomic E-state index is 12.9. The van der Waals surface area contributed by atoms with Gasteiger partial charge in [-0.25, -0.2) is 0 Å². The fraction of sp³-hybridized carbons (Fsp3) is 0.345. The van der Waals surface area contributed by atoms with E-state index in [0.717, 1.165) is 84.6 Å². The number of amides is 2. The molecule has 3 fully saturated rings. The van der Waals surface area contributed by atoms with Crippen LogP contribution in [-0.2, 0) is 37.7 Å². The topological polar surface area (TPSA) is 113 Å². The quantitative estimate of drug-likeness (QED) is 0.0852. The van der Waals surface area contributed by atoms with Crippen molar-refractivity contribution in [2.75, 3.05) is 88.6 Å². The summed E-state index contributed by atoms with van der Waals surface area (Å²) in [6.07, 6.45) is 5.59. The van der Waals surface area contributed by atoms with Crippen molar-refractivity contribution in [3.8, 4) is 23.0 Å². The van der Waals surface area contributed by atoms with E-state index < -0.39 is 5.79 Å². The highest BCUT2D eigenvalue weighted by molar-refractivity contribution is 6.35. The zero-order valence-corrected chi connectivity index (χ0v) is 40.8. The molecule has 2 atom stereocenters. The van der Waals surface area contributed by atoms with Crippen LogP contribution in [0.4, 0.5) is 11.4 Å². The van der Waals surface area contributed by atoms with Gasteiger partial charge in [0, 0.05) is 87.2 Å². The number of carbonyl (C=O) groups is 2. The molecule has 0 radical (unpaired) electrons. The van der Waals surface area contributed by atoms with E-state index in [9.17, 15) is 14.7 Å². The molecule has 0 spiro atoms. The minimum absolute atomic E-state index is 0.184. The van der Waals surface area contributed by atoms with Crippen LogP contribution in [0, 0.1) is 0 Å². The number of aryl methyl sites for hydroxylation is 2. The highest BCUT2D eigenvalue weighted by atomic mass is 35.5. The van der Waals surface area contributed by atoms with Gasteiger partial charge < -0.3 is 48.4 Å². The van der Waals surface area contributed by atoms with Crippen molar-refractivity contribution < 1.29 is 38.4 Å². The van der Waals surface area contributed by atoms with Gasteiger partial charge in [-0.15, -0.1) is 0 Å². The summed E-state index contributed by atoms with van der Waals surface area (Å²) in [5.74, 6) is 2.06. The van der Waals surface area contributed by atoms with Gasteiger partial charge in [0.05, 0.1) is 11.6 Å². The van der Waals surface area contributed by atoms with E-state index >= 15 is 0 Å². The summed E-state index contributed by atoms with van der Waals surface area (Å²) < 4.78 is 29.3. The number of benzene rings is 5. The lowest BCUT2D eigenvalue weighted by molar-refractivity contribution is -0.164. The van der Waals surface area contributed by atoms with Gasteiger partial charge in [0.25, 0.3) is 0 Å². The Labute approximate surface area is 416 Å². The number of ether oxygens (including phenoxy) is 5. The molecule has 0 aliphatic carbocycles. The molecular weight excluding hydrogens is 916 g/mol. The molecule has 12 nitrogen and oxygen atoms in total. The molecule has 0 unspecified atom stereocenters. The van der Waals surface area contributed by atoms with Crippen LogP contribution in [0.5, 0.6) is 23.0 Å². The number of carbonyl (C=O) groups excluding carboxylic acids is 2. The Morgan fingerprint density at radius 3 is 1.67 bits per heavy atom. The second-order valence-corrected chi connectivity index (χ2v) is 18.0. The number of anilines is 2. The number of hydrogen-bond donors (Lipinski definition) is 1. The lowest BCUT2D eigenvalue weighted by Gasteiger charge is -2.36. The van der Waals surface area contributed by atoms with Crippen molar-refractivity contribution in [1.82, 2.24) is 9.80 Å². The summed E-state index contributed by atoms with van der Waals surface area (Å²) in [4.78, 5) is 33.8. The fourth-order valence-electron chi connectivity index (χ4n) is 8.46. The van der Waals surface area contributed by atoms with E-state index in [1.807, 2.05) is 95.6 Å². The SMILES string of the molecule is C=CCOc1cccc(CCC(=O)N2CCN(c3ccc(O)cc3)CC2)c1.C=CCOc1cccc(CCC(=O)N2CCN(c3ccc(OC[C@@H]4CO[C@](C)(c5ccc(Cl)cc5Cl)O4)cc3)CC2)c1. The molecule has 14 heteroatoms. The first-order chi connectivity index (χ1) is 33.5. The van der Waals surface area contributed by atoms with Crippen LogP contribution in [0.25, 0.3) is 0 Å². The summed E-state index contributed by atoms with van der Waals surface area (Å²) in [7, 11) is 0. The molecule has 1 N–H and O–H groups in total. The number of nitrogens with zero attached hydrogens (tertiary/aromatic N) is 4. The van der Waals surface area contributed by atoms with E-state index in [-0.39, 0.29) is 23.7 Å². The van der Waals surface area contributed by atoms with Crippen molar-refractivity contribution in [2.24, 2.45) is 0 Å². The Morgan fingerprint density at radius 2 is 1.17 bits per heavy atom. The molecule has 0 saturated carbocycles. The molecular formula is C55H62Cl2N4O8. The van der Waals surface area contributed by atoms with E-state index in [2.05, 4.69) is 35.1 Å². The van der Waals surface area contributed by atoms with Gasteiger partial charge in [0.1, 0.15) is 48.9 Å². The number of rotatable bonds is 18. The van der Waals surface area contributed by atoms with Crippen molar-refractivity contribution in [3.63, 3.8) is 0 Å². The van der Waals surface area contributed by atoms with Crippen molar-refractivity contribution in [1.29, 1.82) is 0 Å². The van der Waals surface area contributed by atoms with Crippen LogP contribution in [0.1, 0.15) is 36.5 Å². The van der Waals surface area contributed by atoms with Crippen LogP contribution in [0.15, 0.2) is 141 Å². The average Bonchev–Trinajstić information content (AvgIpc) is 3.77. The first kappa shape index (κ1) is 50.7. The third-order valence-electron chi connectivity index (χ3n) is 12.3. The van der Waals surface area contributed by atoms with Gasteiger partial charge in [-0.3, -0.25) is 9.59 Å². The highest BCUT2D eigenvalue weighted by Gasteiger charge is 2.40. The number of aromatic hydroxyl groups is 1. The third-order valence-corrected chi connectivity index (χ3v) is 12.8. The number of phenols is 1. The lowest BCUT2D eigenvalue weighted by atomic mass is 10.1. The molecule has 364 valence electrons. The van der Waals surface area contributed by atoms with Crippen LogP contribution in [0.3, 0.4) is 0 Å². The zero-order valence-electron chi connectivity index (χ0n) is 39.3. The van der Waals surface area contributed by atoms with Gasteiger partial charge in [-0.1, -0.05) is 78.8 Å². The van der Waals surface area contributed by atoms with Crippen LogP contribution >= 0.6 is 23.2 Å². The second-order valence-electron chi connectivity index (χ2n) is 17.2. The maximum Gasteiger partial charge on any atom is 0.223 e. The first-order valence-corrected chi connectivity index (χ1v) is 24.2. The third kappa shape index (κ3) is 14.7. The summed E-state index contributed by atoms with van der Waals surface area (Å²) in [6, 6.07) is 36.3. The van der Waals surface area contributed by atoms with Crippen molar-refractivity contribution in [2.45, 2.75) is 44.5 Å². The maximum absolute atomic E-state index is 12.9. The molecule has 3 heterocycles. The Bertz CT molecular complexity index is 2470. The van der Waals surface area contributed by atoms with Gasteiger partial charge in [0.15, 0.2) is 5.79 Å². The molecule has 5 aromatic rings. The Kier molecular flexibility index (Phi) is 18.3. The zero-order chi connectivity index (χ0) is 48.6. The highest BCUT2D eigenvalue weighted by Crippen LogP contribution is 2.39. The van der Waals surface area contributed by atoms with Crippen molar-refractivity contribution >= 4 is 46.4 Å². The molecule has 69 heavy (non-hydrogen) atoms. The smallest absolute Gasteiger partial charge is 0.223 e. The Hall–Kier alpha value is -6.18.